The second kappa shape index (κ2) is 6.64. The minimum atomic E-state index is -0.262. The lowest BCUT2D eigenvalue weighted by Crippen LogP contribution is -2.34. The summed E-state index contributed by atoms with van der Waals surface area (Å²) in [7, 11) is 0. The van der Waals surface area contributed by atoms with Crippen molar-refractivity contribution in [2.45, 2.75) is 33.2 Å². The molecular formula is C16H23FN2S. The maximum absolute atomic E-state index is 13.6. The highest BCUT2D eigenvalue weighted by atomic mass is 32.1. The molecule has 2 rings (SSSR count). The van der Waals surface area contributed by atoms with Gasteiger partial charge in [0.15, 0.2) is 0 Å². The van der Waals surface area contributed by atoms with Crippen LogP contribution in [-0.4, -0.2) is 23.0 Å². The van der Waals surface area contributed by atoms with Gasteiger partial charge in [-0.25, -0.2) is 4.39 Å². The van der Waals surface area contributed by atoms with Gasteiger partial charge in [0.2, 0.25) is 0 Å². The summed E-state index contributed by atoms with van der Waals surface area (Å²) in [6.07, 6.45) is 2.46. The molecule has 1 aliphatic heterocycles. The van der Waals surface area contributed by atoms with Crippen molar-refractivity contribution in [3.8, 4) is 0 Å². The summed E-state index contributed by atoms with van der Waals surface area (Å²) in [5, 5.41) is 0. The van der Waals surface area contributed by atoms with E-state index in [1.54, 1.807) is 6.07 Å². The Morgan fingerprint density at radius 3 is 2.55 bits per heavy atom. The highest BCUT2D eigenvalue weighted by Gasteiger charge is 2.21. The molecule has 1 fully saturated rings. The molecule has 2 nitrogen and oxygen atoms in total. The van der Waals surface area contributed by atoms with E-state index in [-0.39, 0.29) is 10.8 Å². The van der Waals surface area contributed by atoms with Crippen LogP contribution in [0, 0.1) is 17.7 Å². The minimum Gasteiger partial charge on any atom is -0.389 e. The van der Waals surface area contributed by atoms with Crippen LogP contribution in [0.3, 0.4) is 0 Å². The number of halogens is 1. The average molecular weight is 294 g/mol. The van der Waals surface area contributed by atoms with Crippen LogP contribution in [0.1, 0.15) is 37.8 Å². The Balaban J connectivity index is 1.99. The van der Waals surface area contributed by atoms with Crippen molar-refractivity contribution >= 4 is 17.2 Å². The molecule has 4 heteroatoms. The highest BCUT2D eigenvalue weighted by molar-refractivity contribution is 7.80. The van der Waals surface area contributed by atoms with E-state index in [9.17, 15) is 4.39 Å². The predicted molar refractivity (Wildman–Crippen MR) is 85.1 cm³/mol. The first-order valence-electron chi connectivity index (χ1n) is 7.27. The summed E-state index contributed by atoms with van der Waals surface area (Å²) < 4.78 is 13.6. The first-order chi connectivity index (χ1) is 9.45. The summed E-state index contributed by atoms with van der Waals surface area (Å²) in [4.78, 5) is 2.64. The summed E-state index contributed by atoms with van der Waals surface area (Å²) in [6, 6.07) is 4.88. The van der Waals surface area contributed by atoms with Crippen LogP contribution < -0.4 is 5.73 Å². The molecular weight excluding hydrogens is 271 g/mol. The molecule has 0 aliphatic carbocycles. The van der Waals surface area contributed by atoms with Gasteiger partial charge in [-0.15, -0.1) is 0 Å². The zero-order valence-electron chi connectivity index (χ0n) is 12.2. The molecule has 20 heavy (non-hydrogen) atoms. The highest BCUT2D eigenvalue weighted by Crippen LogP contribution is 2.25. The van der Waals surface area contributed by atoms with Gasteiger partial charge >= 0.3 is 0 Å². The molecule has 0 spiro atoms. The number of nitrogens with two attached hydrogens (primary N) is 1. The molecule has 1 aromatic carbocycles. The van der Waals surface area contributed by atoms with Crippen molar-refractivity contribution in [2.24, 2.45) is 17.6 Å². The maximum Gasteiger partial charge on any atom is 0.124 e. The number of piperidine rings is 1. The first kappa shape index (κ1) is 15.4. The predicted octanol–water partition coefficient (Wildman–Crippen LogP) is 3.33. The van der Waals surface area contributed by atoms with Crippen LogP contribution in [-0.2, 0) is 6.54 Å². The van der Waals surface area contributed by atoms with E-state index in [0.29, 0.717) is 5.56 Å². The lowest BCUT2D eigenvalue weighted by atomic mass is 9.86. The van der Waals surface area contributed by atoms with Crippen LogP contribution in [0.25, 0.3) is 0 Å². The monoisotopic (exact) mass is 294 g/mol. The van der Waals surface area contributed by atoms with Crippen LogP contribution in [0.4, 0.5) is 4.39 Å². The summed E-state index contributed by atoms with van der Waals surface area (Å²) in [5.74, 6) is 1.32. The molecule has 1 heterocycles. The Morgan fingerprint density at radius 2 is 2.00 bits per heavy atom. The smallest absolute Gasteiger partial charge is 0.124 e. The fourth-order valence-corrected chi connectivity index (χ4v) is 3.04. The fraction of sp³-hybridized carbons (Fsp3) is 0.562. The molecule has 0 saturated carbocycles. The van der Waals surface area contributed by atoms with E-state index in [1.807, 2.05) is 6.07 Å². The van der Waals surface area contributed by atoms with Gasteiger partial charge in [-0.1, -0.05) is 26.1 Å². The van der Waals surface area contributed by atoms with Gasteiger partial charge in [0.1, 0.15) is 10.8 Å². The third-order valence-corrected chi connectivity index (χ3v) is 4.46. The van der Waals surface area contributed by atoms with Gasteiger partial charge in [-0.05, 0) is 61.5 Å². The van der Waals surface area contributed by atoms with E-state index in [2.05, 4.69) is 18.7 Å². The van der Waals surface area contributed by atoms with E-state index < -0.39 is 0 Å². The molecule has 0 unspecified atom stereocenters. The molecule has 0 aromatic heterocycles. The lowest BCUT2D eigenvalue weighted by Gasteiger charge is -2.33. The van der Waals surface area contributed by atoms with Crippen LogP contribution >= 0.6 is 12.2 Å². The third-order valence-electron chi connectivity index (χ3n) is 4.22. The van der Waals surface area contributed by atoms with Crippen molar-refractivity contribution in [1.82, 2.24) is 4.90 Å². The molecule has 1 saturated heterocycles. The third kappa shape index (κ3) is 4.00. The van der Waals surface area contributed by atoms with Crippen molar-refractivity contribution in [1.29, 1.82) is 0 Å². The Morgan fingerprint density at radius 1 is 1.35 bits per heavy atom. The number of nitrogens with zero attached hydrogens (tertiary/aromatic N) is 1. The number of benzene rings is 1. The fourth-order valence-electron chi connectivity index (χ4n) is 2.92. The Hall–Kier alpha value is -1.00. The van der Waals surface area contributed by atoms with Gasteiger partial charge in [-0.3, -0.25) is 4.90 Å². The van der Waals surface area contributed by atoms with Gasteiger partial charge in [0.25, 0.3) is 0 Å². The van der Waals surface area contributed by atoms with Crippen molar-refractivity contribution in [3.05, 3.63) is 35.1 Å². The van der Waals surface area contributed by atoms with E-state index >= 15 is 0 Å². The lowest BCUT2D eigenvalue weighted by molar-refractivity contribution is 0.152. The summed E-state index contributed by atoms with van der Waals surface area (Å²) >= 11 is 4.93. The molecule has 0 bridgehead atoms. The number of rotatable bonds is 4. The molecule has 0 radical (unpaired) electrons. The topological polar surface area (TPSA) is 29.3 Å². The van der Waals surface area contributed by atoms with Gasteiger partial charge in [0, 0.05) is 12.1 Å². The number of hydrogen-bond donors (Lipinski definition) is 1. The van der Waals surface area contributed by atoms with Gasteiger partial charge in [0.05, 0.1) is 0 Å². The van der Waals surface area contributed by atoms with Crippen LogP contribution in [0.5, 0.6) is 0 Å². The molecule has 0 atom stereocenters. The van der Waals surface area contributed by atoms with Crippen LogP contribution in [0.2, 0.25) is 0 Å². The van der Waals surface area contributed by atoms with E-state index in [4.69, 9.17) is 18.0 Å². The van der Waals surface area contributed by atoms with Crippen molar-refractivity contribution in [3.63, 3.8) is 0 Å². The number of thiocarbonyl (C=S) groups is 1. The zero-order valence-corrected chi connectivity index (χ0v) is 13.0. The number of hydrogen-bond acceptors (Lipinski definition) is 2. The molecule has 1 aromatic rings. The Labute approximate surface area is 126 Å². The minimum absolute atomic E-state index is 0.254. The van der Waals surface area contributed by atoms with Gasteiger partial charge in [-0.2, -0.15) is 0 Å². The maximum atomic E-state index is 13.6. The Kier molecular flexibility index (Phi) is 5.11. The average Bonchev–Trinajstić information content (AvgIpc) is 2.38. The van der Waals surface area contributed by atoms with E-state index in [1.165, 1.54) is 18.9 Å². The van der Waals surface area contributed by atoms with Crippen molar-refractivity contribution in [2.75, 3.05) is 13.1 Å². The number of likely N-dealkylation sites (tertiary alicyclic amines) is 1. The standard InChI is InChI=1S/C16H23FN2S/c1-11(2)13-3-5-19(6-4-13)10-12-7-14(16(18)20)9-15(17)8-12/h7-9,11,13H,3-6,10H2,1-2H3,(H2,18,20). The van der Waals surface area contributed by atoms with Crippen LogP contribution in [0.15, 0.2) is 18.2 Å². The second-order valence-electron chi connectivity index (χ2n) is 6.07. The second-order valence-corrected chi connectivity index (χ2v) is 6.51. The molecule has 2 N–H and O–H groups in total. The molecule has 110 valence electrons. The van der Waals surface area contributed by atoms with Crippen molar-refractivity contribution < 1.29 is 4.39 Å². The zero-order chi connectivity index (χ0) is 14.7. The largest absolute Gasteiger partial charge is 0.389 e. The normalized spacial score (nSPS) is 17.6. The molecule has 1 aliphatic rings. The first-order valence-corrected chi connectivity index (χ1v) is 7.68. The van der Waals surface area contributed by atoms with E-state index in [0.717, 1.165) is 37.0 Å². The summed E-state index contributed by atoms with van der Waals surface area (Å²) in [5.41, 5.74) is 7.16. The molecule has 0 amide bonds. The SMILES string of the molecule is CC(C)C1CCN(Cc2cc(F)cc(C(N)=S)c2)CC1. The van der Waals surface area contributed by atoms with Gasteiger partial charge < -0.3 is 5.73 Å². The quantitative estimate of drug-likeness (QED) is 0.864. The Bertz CT molecular complexity index is 479. The summed E-state index contributed by atoms with van der Waals surface area (Å²) in [6.45, 7) is 7.53.